The molecule has 17 nitrogen and oxygen atoms in total. The van der Waals surface area contributed by atoms with Crippen LogP contribution in [0.25, 0.3) is 0 Å². The second kappa shape index (κ2) is 21.2. The van der Waals surface area contributed by atoms with Gasteiger partial charge in [-0.2, -0.15) is 5.26 Å². The molecule has 1 N–H and O–H groups in total. The van der Waals surface area contributed by atoms with Crippen molar-refractivity contribution in [3.63, 3.8) is 0 Å². The molecule has 6 rings (SSSR count). The van der Waals surface area contributed by atoms with Crippen LogP contribution in [0.4, 0.5) is 13.6 Å². The molecular weight excluding hydrogens is 821 g/mol. The summed E-state index contributed by atoms with van der Waals surface area (Å²) in [6.07, 6.45) is 5.89. The van der Waals surface area contributed by atoms with Crippen molar-refractivity contribution in [3.8, 4) is 6.07 Å². The molecule has 0 aliphatic carbocycles. The van der Waals surface area contributed by atoms with E-state index in [2.05, 4.69) is 21.4 Å². The first-order chi connectivity index (χ1) is 30.0. The maximum Gasteiger partial charge on any atom is 0.410 e. The summed E-state index contributed by atoms with van der Waals surface area (Å²) in [7, 11) is 3.91. The van der Waals surface area contributed by atoms with Crippen LogP contribution in [0.3, 0.4) is 0 Å². The third kappa shape index (κ3) is 11.4. The Kier molecular flexibility index (Phi) is 16.1. The fourth-order valence-electron chi connectivity index (χ4n) is 7.68. The lowest BCUT2D eigenvalue weighted by molar-refractivity contribution is -0.156. The van der Waals surface area contributed by atoms with Gasteiger partial charge in [-0.15, -0.1) is 0 Å². The minimum atomic E-state index is -0.861. The summed E-state index contributed by atoms with van der Waals surface area (Å²) < 4.78 is 50.8. The summed E-state index contributed by atoms with van der Waals surface area (Å²) in [4.78, 5) is 63.8. The van der Waals surface area contributed by atoms with Gasteiger partial charge in [-0.1, -0.05) is 24.3 Å². The van der Waals surface area contributed by atoms with E-state index >= 15 is 0 Å². The Morgan fingerprint density at radius 3 is 1.79 bits per heavy atom. The van der Waals surface area contributed by atoms with Crippen molar-refractivity contribution in [3.05, 3.63) is 108 Å². The summed E-state index contributed by atoms with van der Waals surface area (Å²) in [5, 5.41) is 13.3. The van der Waals surface area contributed by atoms with Gasteiger partial charge in [0, 0.05) is 32.7 Å². The van der Waals surface area contributed by atoms with Crippen molar-refractivity contribution < 1.29 is 46.9 Å². The van der Waals surface area contributed by atoms with E-state index in [1.54, 1.807) is 79.9 Å². The molecule has 0 bridgehead atoms. The van der Waals surface area contributed by atoms with E-state index in [9.17, 15) is 33.2 Å². The third-order valence-corrected chi connectivity index (χ3v) is 11.0. The van der Waals surface area contributed by atoms with Gasteiger partial charge in [0.1, 0.15) is 35.4 Å². The molecule has 2 aromatic heterocycles. The SMILES string of the molecule is COC(=O)C1CN(C(=O)OC(C)(C)C)CCN1C(C#N)c1cncn1[C@H](C)c1ccc(F)cc1.COC(=O)C1CNCCN1C(C(=O)OC)c1cncn1[C@H](C)c1ccc(F)cc1. The van der Waals surface area contributed by atoms with Gasteiger partial charge in [0.15, 0.2) is 6.04 Å². The number of hydrogen-bond donors (Lipinski definition) is 1. The summed E-state index contributed by atoms with van der Waals surface area (Å²) in [6, 6.07) is 11.0. The molecule has 338 valence electrons. The lowest BCUT2D eigenvalue weighted by Gasteiger charge is -2.42. The minimum absolute atomic E-state index is 0.0292. The maximum atomic E-state index is 13.4. The van der Waals surface area contributed by atoms with Gasteiger partial charge in [0.25, 0.3) is 0 Å². The van der Waals surface area contributed by atoms with Gasteiger partial charge < -0.3 is 38.3 Å². The molecule has 0 spiro atoms. The molecule has 19 heteroatoms. The first-order valence-electron chi connectivity index (χ1n) is 20.4. The third-order valence-electron chi connectivity index (χ3n) is 11.0. The molecule has 4 aromatic rings. The number of rotatable bonds is 11. The molecular formula is C44H55F2N9O8. The number of piperazine rings is 2. The Morgan fingerprint density at radius 1 is 0.762 bits per heavy atom. The highest BCUT2D eigenvalue weighted by Crippen LogP contribution is 2.32. The lowest BCUT2D eigenvalue weighted by atomic mass is 10.0. The van der Waals surface area contributed by atoms with E-state index in [0.29, 0.717) is 31.0 Å². The predicted molar refractivity (Wildman–Crippen MR) is 224 cm³/mol. The van der Waals surface area contributed by atoms with E-state index in [0.717, 1.165) is 11.1 Å². The molecule has 2 aromatic carbocycles. The number of benzene rings is 2. The largest absolute Gasteiger partial charge is 0.468 e. The molecule has 2 fully saturated rings. The highest BCUT2D eigenvalue weighted by molar-refractivity contribution is 5.81. The molecule has 6 atom stereocenters. The average molecular weight is 876 g/mol. The molecule has 1 amide bonds. The second-order valence-corrected chi connectivity index (χ2v) is 16.0. The summed E-state index contributed by atoms with van der Waals surface area (Å²) in [5.41, 5.74) is 2.20. The van der Waals surface area contributed by atoms with Crippen molar-refractivity contribution in [2.24, 2.45) is 0 Å². The topological polar surface area (TPSA) is 186 Å². The van der Waals surface area contributed by atoms with E-state index in [-0.39, 0.29) is 43.4 Å². The fraction of sp³-hybridized carbons (Fsp3) is 0.477. The van der Waals surface area contributed by atoms with Crippen LogP contribution in [0.15, 0.2) is 73.6 Å². The smallest absolute Gasteiger partial charge is 0.410 e. The van der Waals surface area contributed by atoms with Crippen molar-refractivity contribution >= 4 is 24.0 Å². The summed E-state index contributed by atoms with van der Waals surface area (Å²) >= 11 is 0. The number of hydrogen-bond acceptors (Lipinski definition) is 14. The van der Waals surface area contributed by atoms with Crippen LogP contribution in [-0.4, -0.2) is 136 Å². The standard InChI is InChI=1S/C24H30FN5O4.C20H25FN4O4/c1-16(17-6-8-18(25)9-7-17)30-15-27-13-20(30)19(12-26)29-11-10-28(14-21(29)22(31)33-5)23(32)34-24(2,3)4;1-13(14-4-6-15(21)7-5-14)25-12-23-10-16(25)18(20(27)29-3)24-9-8-22-11-17(24)19(26)28-2/h6-9,13,15-16,19,21H,10-11,14H2,1-5H3;4-7,10,12-13,17-18,22H,8-9,11H2,1-3H3/t16-,19?,21?;13-,17?,18?/m11/s1. The van der Waals surface area contributed by atoms with Crippen LogP contribution in [0.1, 0.15) is 81.3 Å². The quantitative estimate of drug-likeness (QED) is 0.163. The molecule has 0 saturated carbocycles. The summed E-state index contributed by atoms with van der Waals surface area (Å²) in [6.45, 7) is 11.2. The first kappa shape index (κ1) is 47.8. The van der Waals surface area contributed by atoms with E-state index in [1.165, 1.54) is 50.5 Å². The van der Waals surface area contributed by atoms with E-state index in [4.69, 9.17) is 18.9 Å². The van der Waals surface area contributed by atoms with Gasteiger partial charge in [-0.05, 0) is 70.0 Å². The highest BCUT2D eigenvalue weighted by Gasteiger charge is 2.43. The van der Waals surface area contributed by atoms with Crippen LogP contribution in [-0.2, 0) is 33.3 Å². The second-order valence-electron chi connectivity index (χ2n) is 16.0. The molecule has 4 heterocycles. The van der Waals surface area contributed by atoms with Crippen LogP contribution in [0.5, 0.6) is 0 Å². The van der Waals surface area contributed by atoms with Gasteiger partial charge in [-0.3, -0.25) is 19.4 Å². The Labute approximate surface area is 365 Å². The van der Waals surface area contributed by atoms with Crippen molar-refractivity contribution in [1.29, 1.82) is 5.26 Å². The number of ether oxygens (including phenoxy) is 4. The molecule has 2 aliphatic rings. The Balaban J connectivity index is 0.000000240. The van der Waals surface area contributed by atoms with Gasteiger partial charge in [0.2, 0.25) is 0 Å². The molecule has 4 unspecified atom stereocenters. The Morgan fingerprint density at radius 2 is 1.29 bits per heavy atom. The van der Waals surface area contributed by atoms with Gasteiger partial charge in [-0.25, -0.2) is 28.3 Å². The zero-order valence-corrected chi connectivity index (χ0v) is 36.7. The number of nitrogens with zero attached hydrogens (tertiary/aromatic N) is 8. The number of halogens is 2. The first-order valence-corrected chi connectivity index (χ1v) is 20.4. The van der Waals surface area contributed by atoms with Crippen LogP contribution < -0.4 is 5.32 Å². The zero-order valence-electron chi connectivity index (χ0n) is 36.7. The number of methoxy groups -OCH3 is 3. The van der Waals surface area contributed by atoms with Crippen LogP contribution >= 0.6 is 0 Å². The number of amides is 1. The van der Waals surface area contributed by atoms with Crippen LogP contribution in [0.2, 0.25) is 0 Å². The fourth-order valence-corrected chi connectivity index (χ4v) is 7.68. The Hall–Kier alpha value is -6.23. The molecule has 63 heavy (non-hydrogen) atoms. The molecule has 2 aliphatic heterocycles. The van der Waals surface area contributed by atoms with Crippen molar-refractivity contribution in [2.75, 3.05) is 60.6 Å². The van der Waals surface area contributed by atoms with E-state index < -0.39 is 53.8 Å². The Bertz CT molecular complexity index is 2220. The number of carbonyl (C=O) groups is 4. The van der Waals surface area contributed by atoms with Crippen molar-refractivity contribution in [2.45, 2.75) is 76.5 Å². The van der Waals surface area contributed by atoms with Crippen LogP contribution in [0, 0.1) is 23.0 Å². The minimum Gasteiger partial charge on any atom is -0.468 e. The normalized spacial score (nSPS) is 19.0. The molecule has 2 saturated heterocycles. The van der Waals surface area contributed by atoms with Crippen molar-refractivity contribution in [1.82, 2.24) is 39.1 Å². The van der Waals surface area contributed by atoms with E-state index in [1.807, 2.05) is 23.0 Å². The summed E-state index contributed by atoms with van der Waals surface area (Å²) in [5.74, 6) is -2.12. The number of esters is 3. The number of nitrogens with one attached hydrogen (secondary N) is 1. The maximum absolute atomic E-state index is 13.4. The molecule has 0 radical (unpaired) electrons. The zero-order chi connectivity index (χ0) is 46.0. The predicted octanol–water partition coefficient (Wildman–Crippen LogP) is 4.58. The number of nitriles is 1. The lowest BCUT2D eigenvalue weighted by Crippen LogP contribution is -2.59. The van der Waals surface area contributed by atoms with Gasteiger partial charge in [0.05, 0.1) is 82.5 Å². The number of carbonyl (C=O) groups excluding carboxylic acids is 4. The highest BCUT2D eigenvalue weighted by atomic mass is 19.1. The average Bonchev–Trinajstić information content (AvgIpc) is 3.97. The number of imidazole rings is 2. The van der Waals surface area contributed by atoms with Gasteiger partial charge >= 0.3 is 24.0 Å². The number of aromatic nitrogens is 4. The monoisotopic (exact) mass is 875 g/mol.